The van der Waals surface area contributed by atoms with Crippen LogP contribution in [0.2, 0.25) is 0 Å². The molecule has 0 amide bonds. The Morgan fingerprint density at radius 2 is 1.47 bits per heavy atom. The van der Waals surface area contributed by atoms with Crippen molar-refractivity contribution in [1.29, 1.82) is 0 Å². The van der Waals surface area contributed by atoms with Gasteiger partial charge in [0.15, 0.2) is 0 Å². The van der Waals surface area contributed by atoms with Crippen LogP contribution in [-0.4, -0.2) is 17.5 Å². The van der Waals surface area contributed by atoms with Crippen molar-refractivity contribution in [3.05, 3.63) is 45.6 Å². The molecule has 0 aliphatic carbocycles. The molecule has 0 saturated heterocycles. The average molecular weight is 280 g/mol. The number of aliphatic hydroxyl groups excluding tert-OH is 1. The zero-order valence-electron chi connectivity index (χ0n) is 9.10. The minimum Gasteiger partial charge on any atom is 0 e. The fourth-order valence-electron chi connectivity index (χ4n) is 0.438. The summed E-state index contributed by atoms with van der Waals surface area (Å²) in [5.74, 6) is 0. The Kier molecular flexibility index (Phi) is 79.7. The standard InChI is InChI=1S/C8H12O2.3CO.Fe/c1-2-8(10)6-4-3-5-7-9;3*1-2;/h3-8,10H,2H2,1H3;;;;/t8-;;;;/m0..../s1. The summed E-state index contributed by atoms with van der Waals surface area (Å²) < 4.78 is 22.5. The second-order valence-electron chi connectivity index (χ2n) is 1.88. The summed E-state index contributed by atoms with van der Waals surface area (Å²) in [6.07, 6.45) is 7.26. The van der Waals surface area contributed by atoms with Crippen LogP contribution in [0.3, 0.4) is 0 Å². The Morgan fingerprint density at radius 3 is 1.76 bits per heavy atom. The van der Waals surface area contributed by atoms with E-state index < -0.39 is 6.10 Å². The summed E-state index contributed by atoms with van der Waals surface area (Å²) in [7, 11) is 0. The second kappa shape index (κ2) is 45.3. The van der Waals surface area contributed by atoms with E-state index in [2.05, 4.69) is 20.0 Å². The topological polar surface area (TPSA) is 97.0 Å². The Balaban J connectivity index is -0.0000000594. The third-order valence-corrected chi connectivity index (χ3v) is 1.05. The van der Waals surface area contributed by atoms with E-state index in [1.54, 1.807) is 19.3 Å². The van der Waals surface area contributed by atoms with Crippen molar-refractivity contribution in [3.63, 3.8) is 0 Å². The van der Waals surface area contributed by atoms with Crippen molar-refractivity contribution >= 4 is 6.29 Å². The molecular formula is C11H12FeO5. The molecule has 0 saturated carbocycles. The van der Waals surface area contributed by atoms with Gasteiger partial charge in [0, 0.05) is 23.5 Å². The van der Waals surface area contributed by atoms with Gasteiger partial charge in [0.25, 0.3) is 0 Å². The fraction of sp³-hybridized carbons (Fsp3) is 0.273. The van der Waals surface area contributed by atoms with E-state index in [4.69, 9.17) is 19.1 Å². The smallest absolute Gasteiger partial charge is 0 e. The van der Waals surface area contributed by atoms with Crippen molar-refractivity contribution in [2.24, 2.45) is 0 Å². The van der Waals surface area contributed by atoms with E-state index in [9.17, 15) is 4.79 Å². The Bertz CT molecular complexity index is 162. The molecule has 1 atom stereocenters. The molecule has 0 aliphatic rings. The van der Waals surface area contributed by atoms with Gasteiger partial charge < -0.3 is 9.90 Å². The molecule has 0 aromatic carbocycles. The number of rotatable bonds is 6. The quantitative estimate of drug-likeness (QED) is 0.254. The summed E-state index contributed by atoms with van der Waals surface area (Å²) in [5.41, 5.74) is 0. The summed E-state index contributed by atoms with van der Waals surface area (Å²) >= 11 is 0. The predicted molar refractivity (Wildman–Crippen MR) is 51.4 cm³/mol. The molecule has 0 spiro atoms. The zero-order chi connectivity index (χ0) is 13.8. The number of carbonyl (C=O) groups is 1. The van der Waals surface area contributed by atoms with Crippen molar-refractivity contribution in [2.75, 3.05) is 0 Å². The largest absolute Gasteiger partial charge is 0 e. The molecule has 0 rings (SSSR count). The van der Waals surface area contributed by atoms with Crippen molar-refractivity contribution in [2.45, 2.75) is 19.4 Å². The third-order valence-electron chi connectivity index (χ3n) is 1.05. The maximum absolute atomic E-state index is 9.74. The number of aldehydes is 1. The van der Waals surface area contributed by atoms with Gasteiger partial charge in [0.05, 0.1) is 6.10 Å². The maximum Gasteiger partial charge on any atom is 0 e. The van der Waals surface area contributed by atoms with E-state index in [-0.39, 0.29) is 17.1 Å². The van der Waals surface area contributed by atoms with Gasteiger partial charge in [-0.1, -0.05) is 6.92 Å². The molecule has 0 heterocycles. The van der Waals surface area contributed by atoms with Gasteiger partial charge in [0.1, 0.15) is 6.29 Å². The van der Waals surface area contributed by atoms with Crippen LogP contribution in [0.25, 0.3) is 0 Å². The van der Waals surface area contributed by atoms with Gasteiger partial charge in [-0.05, 0) is 25.7 Å². The molecule has 5 nitrogen and oxygen atoms in total. The van der Waals surface area contributed by atoms with Gasteiger partial charge in [0.2, 0.25) is 0 Å². The number of hydrogen-bond donors (Lipinski definition) is 1. The van der Waals surface area contributed by atoms with Crippen LogP contribution in [0, 0.1) is 45.6 Å². The molecule has 0 aliphatic heterocycles. The summed E-state index contributed by atoms with van der Waals surface area (Å²) in [6, 6.07) is 0. The van der Waals surface area contributed by atoms with E-state index in [1.807, 2.05) is 6.92 Å². The van der Waals surface area contributed by atoms with E-state index in [1.165, 1.54) is 6.42 Å². The van der Waals surface area contributed by atoms with Crippen LogP contribution < -0.4 is 0 Å². The monoisotopic (exact) mass is 280 g/mol. The Hall–Kier alpha value is -0.631. The molecule has 0 bridgehead atoms. The number of carbonyl (C=O) groups excluding carboxylic acids is 1. The van der Waals surface area contributed by atoms with Crippen LogP contribution >= 0.6 is 0 Å². The van der Waals surface area contributed by atoms with E-state index in [0.29, 0.717) is 12.7 Å². The Morgan fingerprint density at radius 1 is 1.06 bits per heavy atom. The first-order valence-electron chi connectivity index (χ1n) is 3.89. The Labute approximate surface area is 113 Å². The normalized spacial score (nSPS) is 8.00. The zero-order valence-corrected chi connectivity index (χ0v) is 10.2. The molecule has 1 N–H and O–H groups in total. The van der Waals surface area contributed by atoms with Crippen LogP contribution in [0.4, 0.5) is 0 Å². The fourth-order valence-corrected chi connectivity index (χ4v) is 0.438. The molecule has 0 aromatic heterocycles. The number of unbranched alkanes of at least 4 members (excludes halogenated alkanes) is 2. The van der Waals surface area contributed by atoms with Crippen molar-refractivity contribution in [1.82, 2.24) is 0 Å². The van der Waals surface area contributed by atoms with Crippen LogP contribution in [0.1, 0.15) is 13.3 Å². The average Bonchev–Trinajstić information content (AvgIpc) is 2.41. The van der Waals surface area contributed by atoms with E-state index >= 15 is 0 Å². The SMILES string of the molecule is CC[C@H](O)[CH][CH][CH][CH]C=O.[C-]#[O+].[C-]#[O+].[C-]#[O+].[Fe]. The molecule has 0 aromatic rings. The van der Waals surface area contributed by atoms with Gasteiger partial charge in [-0.25, -0.2) is 0 Å². The van der Waals surface area contributed by atoms with Crippen LogP contribution in [0.15, 0.2) is 0 Å². The minimum absolute atomic E-state index is 0. The molecule has 0 unspecified atom stereocenters. The summed E-state index contributed by atoms with van der Waals surface area (Å²) in [4.78, 5) is 9.74. The van der Waals surface area contributed by atoms with Crippen molar-refractivity contribution in [3.8, 4) is 0 Å². The summed E-state index contributed by atoms with van der Waals surface area (Å²) in [6.45, 7) is 15.4. The van der Waals surface area contributed by atoms with Crippen molar-refractivity contribution < 1.29 is 40.9 Å². The van der Waals surface area contributed by atoms with Crippen LogP contribution in [-0.2, 0) is 35.8 Å². The first-order valence-corrected chi connectivity index (χ1v) is 3.89. The molecule has 4 radical (unpaired) electrons. The number of aliphatic hydroxyl groups is 1. The maximum atomic E-state index is 9.74. The second-order valence-corrected chi connectivity index (χ2v) is 1.88. The van der Waals surface area contributed by atoms with Gasteiger partial charge in [-0.2, -0.15) is 0 Å². The molecule has 6 heteroatoms. The van der Waals surface area contributed by atoms with Gasteiger partial charge in [-0.15, -0.1) is 0 Å². The first kappa shape index (κ1) is 29.9. The molecule has 94 valence electrons. The third kappa shape index (κ3) is 50.6. The first-order chi connectivity index (χ1) is 7.81. The molecule has 17 heavy (non-hydrogen) atoms. The van der Waals surface area contributed by atoms with Gasteiger partial charge >= 0.3 is 33.9 Å². The molecular weight excluding hydrogens is 268 g/mol. The minimum atomic E-state index is -0.392. The van der Waals surface area contributed by atoms with E-state index in [0.717, 1.165) is 0 Å². The van der Waals surface area contributed by atoms with Crippen LogP contribution in [0.5, 0.6) is 0 Å². The summed E-state index contributed by atoms with van der Waals surface area (Å²) in [5, 5.41) is 8.95. The van der Waals surface area contributed by atoms with Gasteiger partial charge in [-0.3, -0.25) is 0 Å². The molecule has 0 fully saturated rings. The predicted octanol–water partition coefficient (Wildman–Crippen LogP) is 0.658. The number of hydrogen-bond acceptors (Lipinski definition) is 2.